The highest BCUT2D eigenvalue weighted by Gasteiger charge is 2.27. The molecule has 0 aromatic carbocycles. The summed E-state index contributed by atoms with van der Waals surface area (Å²) < 4.78 is 23.6. The maximum Gasteiger partial charge on any atom is 0.472 e. The minimum absolute atomic E-state index is 0.0647. The van der Waals surface area contributed by atoms with Crippen LogP contribution in [0.1, 0.15) is 245 Å². The molecule has 3 atom stereocenters. The number of nitrogens with zero attached hydrogens (tertiary/aromatic N) is 1. The molecule has 3 N–H and O–H groups in total. The number of phosphoric acid groups is 1. The Morgan fingerprint density at radius 3 is 1.28 bits per heavy atom. The van der Waals surface area contributed by atoms with Crippen molar-refractivity contribution in [2.75, 3.05) is 40.9 Å². The van der Waals surface area contributed by atoms with E-state index >= 15 is 0 Å². The van der Waals surface area contributed by atoms with Gasteiger partial charge in [0.1, 0.15) is 13.2 Å². The number of carbonyl (C=O) groups excluding carboxylic acids is 1. The van der Waals surface area contributed by atoms with E-state index in [9.17, 15) is 19.4 Å². The summed E-state index contributed by atoms with van der Waals surface area (Å²) in [5.74, 6) is -0.175. The zero-order valence-corrected chi connectivity index (χ0v) is 40.2. The van der Waals surface area contributed by atoms with Crippen LogP contribution in [0.3, 0.4) is 0 Å². The Bertz CT molecular complexity index is 958. The van der Waals surface area contributed by atoms with Gasteiger partial charge in [0.25, 0.3) is 0 Å². The van der Waals surface area contributed by atoms with E-state index in [2.05, 4.69) is 19.2 Å². The number of unbranched alkanes of at least 4 members (excludes halogenated alkanes) is 33. The van der Waals surface area contributed by atoms with Crippen molar-refractivity contribution >= 4 is 13.7 Å². The van der Waals surface area contributed by atoms with Crippen molar-refractivity contribution in [2.45, 2.75) is 257 Å². The maximum absolute atomic E-state index is 12.9. The van der Waals surface area contributed by atoms with Crippen LogP contribution in [-0.2, 0) is 18.4 Å². The van der Waals surface area contributed by atoms with Crippen molar-refractivity contribution in [3.05, 3.63) is 12.2 Å². The number of likely N-dealkylation sites (N-methyl/N-ethyl adjacent to an activating group) is 1. The number of hydrogen-bond acceptors (Lipinski definition) is 5. The monoisotopic (exact) mass is 844 g/mol. The largest absolute Gasteiger partial charge is 0.472 e. The highest BCUT2D eigenvalue weighted by molar-refractivity contribution is 7.47. The summed E-state index contributed by atoms with van der Waals surface area (Å²) in [6.45, 7) is 4.84. The van der Waals surface area contributed by atoms with E-state index in [0.717, 1.165) is 32.1 Å². The first-order chi connectivity index (χ1) is 28.0. The Morgan fingerprint density at radius 2 is 0.914 bits per heavy atom. The number of hydrogen-bond donors (Lipinski definition) is 3. The van der Waals surface area contributed by atoms with Crippen LogP contribution in [0.5, 0.6) is 0 Å². The average Bonchev–Trinajstić information content (AvgIpc) is 3.17. The highest BCUT2D eigenvalue weighted by atomic mass is 31.2. The smallest absolute Gasteiger partial charge is 0.387 e. The third kappa shape index (κ3) is 43.3. The summed E-state index contributed by atoms with van der Waals surface area (Å²) in [4.78, 5) is 23.1. The van der Waals surface area contributed by atoms with E-state index in [0.29, 0.717) is 17.4 Å². The number of rotatable bonds is 46. The molecule has 0 saturated heterocycles. The molecule has 0 rings (SSSR count). The lowest BCUT2D eigenvalue weighted by atomic mass is 10.0. The van der Waals surface area contributed by atoms with Gasteiger partial charge in [-0.1, -0.05) is 231 Å². The zero-order valence-electron chi connectivity index (χ0n) is 39.3. The fraction of sp³-hybridized carbons (Fsp3) is 0.939. The van der Waals surface area contributed by atoms with Crippen molar-refractivity contribution < 1.29 is 32.9 Å². The van der Waals surface area contributed by atoms with Crippen LogP contribution in [0.2, 0.25) is 0 Å². The minimum Gasteiger partial charge on any atom is -0.387 e. The Balaban J connectivity index is 4.22. The van der Waals surface area contributed by atoms with Crippen LogP contribution in [-0.4, -0.2) is 73.4 Å². The molecule has 0 aromatic rings. The molecule has 0 radical (unpaired) electrons. The normalized spacial score (nSPS) is 14.3. The summed E-state index contributed by atoms with van der Waals surface area (Å²) >= 11 is 0. The number of phosphoric ester groups is 1. The lowest BCUT2D eigenvalue weighted by Gasteiger charge is -2.25. The van der Waals surface area contributed by atoms with Crippen molar-refractivity contribution in [3.8, 4) is 0 Å². The number of carbonyl (C=O) groups is 1. The standard InChI is InChI=1S/C49H99N2O6P/c1-6-8-10-12-14-16-18-20-21-22-23-24-25-26-27-28-29-30-31-32-34-36-38-40-42-48(52)47(46-57-58(54,55)56-45-44-51(3,4)5)50-49(53)43-41-39-37-35-33-19-17-15-13-11-9-7-2/h40,42,47-48,52H,6-39,41,43-46H2,1-5H3,(H-,50,53,54,55)/p+1/b42-40+. The first-order valence-electron chi connectivity index (χ1n) is 25.1. The Kier molecular flexibility index (Phi) is 41.0. The number of amides is 1. The molecule has 58 heavy (non-hydrogen) atoms. The molecule has 0 bridgehead atoms. The third-order valence-electron chi connectivity index (χ3n) is 11.5. The zero-order chi connectivity index (χ0) is 42.8. The molecule has 0 aliphatic carbocycles. The molecular weight excluding hydrogens is 744 g/mol. The van der Waals surface area contributed by atoms with E-state index in [4.69, 9.17) is 9.05 Å². The number of aliphatic hydroxyl groups excluding tert-OH is 1. The summed E-state index contributed by atoms with van der Waals surface area (Å²) in [7, 11) is 1.58. The van der Waals surface area contributed by atoms with Crippen LogP contribution in [0.4, 0.5) is 0 Å². The number of quaternary nitrogens is 1. The van der Waals surface area contributed by atoms with Crippen LogP contribution in [0, 0.1) is 0 Å². The second kappa shape index (κ2) is 41.6. The summed E-state index contributed by atoms with van der Waals surface area (Å²) in [5.41, 5.74) is 0. The van der Waals surface area contributed by atoms with Gasteiger partial charge in [-0.3, -0.25) is 13.8 Å². The lowest BCUT2D eigenvalue weighted by molar-refractivity contribution is -0.870. The van der Waals surface area contributed by atoms with Crippen molar-refractivity contribution in [3.63, 3.8) is 0 Å². The predicted octanol–water partition coefficient (Wildman–Crippen LogP) is 14.3. The molecule has 0 saturated carbocycles. The first kappa shape index (κ1) is 57.2. The lowest BCUT2D eigenvalue weighted by Crippen LogP contribution is -2.45. The van der Waals surface area contributed by atoms with Crippen molar-refractivity contribution in [1.29, 1.82) is 0 Å². The molecule has 3 unspecified atom stereocenters. The van der Waals surface area contributed by atoms with E-state index < -0.39 is 20.0 Å². The third-order valence-corrected chi connectivity index (χ3v) is 12.5. The van der Waals surface area contributed by atoms with Crippen LogP contribution < -0.4 is 5.32 Å². The number of allylic oxidation sites excluding steroid dienone is 1. The second-order valence-electron chi connectivity index (χ2n) is 18.6. The molecule has 0 aliphatic rings. The highest BCUT2D eigenvalue weighted by Crippen LogP contribution is 2.43. The topological polar surface area (TPSA) is 105 Å². The van der Waals surface area contributed by atoms with Gasteiger partial charge in [0.2, 0.25) is 5.91 Å². The number of aliphatic hydroxyl groups is 1. The van der Waals surface area contributed by atoms with Gasteiger partial charge in [-0.15, -0.1) is 0 Å². The molecule has 0 heterocycles. The fourth-order valence-corrected chi connectivity index (χ4v) is 8.25. The Morgan fingerprint density at radius 1 is 0.569 bits per heavy atom. The summed E-state index contributed by atoms with van der Waals surface area (Å²) in [5, 5.41) is 13.9. The van der Waals surface area contributed by atoms with Crippen LogP contribution in [0.25, 0.3) is 0 Å². The second-order valence-corrected chi connectivity index (χ2v) is 20.0. The summed E-state index contributed by atoms with van der Waals surface area (Å²) in [6.07, 6.45) is 48.6. The van der Waals surface area contributed by atoms with Gasteiger partial charge in [-0.25, -0.2) is 4.57 Å². The molecular formula is C49H100N2O6P+. The van der Waals surface area contributed by atoms with E-state index in [-0.39, 0.29) is 19.1 Å². The SMILES string of the molecule is CCCCCCCCCCCCCCCCCCCCCCCC/C=C/C(O)C(COP(=O)(O)OCC[N+](C)(C)C)NC(=O)CCCCCCCCCCCCCC. The van der Waals surface area contributed by atoms with Crippen molar-refractivity contribution in [1.82, 2.24) is 5.32 Å². The van der Waals surface area contributed by atoms with Gasteiger partial charge in [0.05, 0.1) is 39.9 Å². The first-order valence-corrected chi connectivity index (χ1v) is 26.6. The van der Waals surface area contributed by atoms with Gasteiger partial charge in [-0.05, 0) is 19.3 Å². The fourth-order valence-electron chi connectivity index (χ4n) is 7.51. The van der Waals surface area contributed by atoms with Crippen LogP contribution in [0.15, 0.2) is 12.2 Å². The molecule has 346 valence electrons. The number of nitrogens with one attached hydrogen (secondary N) is 1. The maximum atomic E-state index is 12.9. The Labute approximate surface area is 361 Å². The van der Waals surface area contributed by atoms with Gasteiger partial charge in [-0.2, -0.15) is 0 Å². The van der Waals surface area contributed by atoms with Crippen LogP contribution >= 0.6 is 7.82 Å². The summed E-state index contributed by atoms with van der Waals surface area (Å²) in [6, 6.07) is -0.840. The predicted molar refractivity (Wildman–Crippen MR) is 249 cm³/mol. The van der Waals surface area contributed by atoms with Gasteiger partial charge in [0.15, 0.2) is 0 Å². The van der Waals surface area contributed by atoms with E-state index in [1.807, 2.05) is 27.2 Å². The molecule has 0 aromatic heterocycles. The molecule has 0 aliphatic heterocycles. The Hall–Kier alpha value is -0.760. The molecule has 9 heteroatoms. The average molecular weight is 844 g/mol. The quantitative estimate of drug-likeness (QED) is 0.0244. The van der Waals surface area contributed by atoms with Crippen molar-refractivity contribution in [2.24, 2.45) is 0 Å². The molecule has 8 nitrogen and oxygen atoms in total. The van der Waals surface area contributed by atoms with E-state index in [1.165, 1.54) is 193 Å². The molecule has 0 spiro atoms. The van der Waals surface area contributed by atoms with Gasteiger partial charge in [0, 0.05) is 6.42 Å². The van der Waals surface area contributed by atoms with Gasteiger partial charge < -0.3 is 19.8 Å². The molecule has 0 fully saturated rings. The van der Waals surface area contributed by atoms with E-state index in [1.54, 1.807) is 6.08 Å². The van der Waals surface area contributed by atoms with Gasteiger partial charge >= 0.3 is 7.82 Å². The molecule has 1 amide bonds. The minimum atomic E-state index is -4.33.